The highest BCUT2D eigenvalue weighted by molar-refractivity contribution is 5.90. The molecule has 5 heteroatoms. The van der Waals surface area contributed by atoms with Gasteiger partial charge in [-0.2, -0.15) is 0 Å². The Bertz CT molecular complexity index is 385. The predicted octanol–water partition coefficient (Wildman–Crippen LogP) is 1.11. The van der Waals surface area contributed by atoms with Gasteiger partial charge in [0.2, 0.25) is 0 Å². The fourth-order valence-electron chi connectivity index (χ4n) is 1.85. The molecule has 0 radical (unpaired) electrons. The van der Waals surface area contributed by atoms with E-state index in [9.17, 15) is 4.79 Å². The van der Waals surface area contributed by atoms with E-state index in [4.69, 9.17) is 10.3 Å². The summed E-state index contributed by atoms with van der Waals surface area (Å²) in [6.07, 6.45) is 2.69. The molecule has 1 saturated carbocycles. The number of nitrogens with zero attached hydrogens (tertiary/aromatic N) is 1. The lowest BCUT2D eigenvalue weighted by atomic mass is 10.3. The molecule has 0 spiro atoms. The molecule has 1 aliphatic rings. The van der Waals surface area contributed by atoms with E-state index in [0.717, 1.165) is 31.3 Å². The van der Waals surface area contributed by atoms with Gasteiger partial charge in [0.15, 0.2) is 5.76 Å². The van der Waals surface area contributed by atoms with Crippen molar-refractivity contribution in [2.75, 3.05) is 13.1 Å². The molecule has 1 fully saturated rings. The van der Waals surface area contributed by atoms with E-state index in [1.165, 1.54) is 12.8 Å². The van der Waals surface area contributed by atoms with Crippen LogP contribution < -0.4 is 11.3 Å². The number of nitrogens with one attached hydrogen (secondary N) is 1. The van der Waals surface area contributed by atoms with Gasteiger partial charge in [0.25, 0.3) is 0 Å². The maximum Gasteiger partial charge on any atom is 0.300 e. The van der Waals surface area contributed by atoms with E-state index in [2.05, 4.69) is 17.2 Å². The normalized spacial score (nSPS) is 15.2. The average molecular weight is 237 g/mol. The molecule has 0 aliphatic heterocycles. The summed E-state index contributed by atoms with van der Waals surface area (Å²) in [4.78, 5) is 13.6. The maximum absolute atomic E-state index is 11.2. The average Bonchev–Trinajstić information content (AvgIpc) is 3.04. The number of hydrogen-bond acceptors (Lipinski definition) is 4. The van der Waals surface area contributed by atoms with Gasteiger partial charge in [-0.3, -0.25) is 15.1 Å². The molecule has 1 aromatic rings. The first-order valence-corrected chi connectivity index (χ1v) is 6.05. The number of nitrogen functional groups attached to an aromatic ring is 1. The Morgan fingerprint density at radius 3 is 2.94 bits per heavy atom. The number of amides is 1. The second-order valence-corrected chi connectivity index (χ2v) is 4.51. The predicted molar refractivity (Wildman–Crippen MR) is 64.0 cm³/mol. The molecule has 2 rings (SSSR count). The van der Waals surface area contributed by atoms with Crippen molar-refractivity contribution in [3.8, 4) is 0 Å². The number of furan rings is 1. The number of hydrazine groups is 1. The van der Waals surface area contributed by atoms with Crippen LogP contribution in [-0.4, -0.2) is 23.9 Å². The van der Waals surface area contributed by atoms with Gasteiger partial charge < -0.3 is 4.42 Å². The summed E-state index contributed by atoms with van der Waals surface area (Å²) in [6.45, 7) is 5.01. The molecule has 3 N–H and O–H groups in total. The molecular weight excluding hydrogens is 218 g/mol. The van der Waals surface area contributed by atoms with Crippen LogP contribution >= 0.6 is 0 Å². The van der Waals surface area contributed by atoms with E-state index >= 15 is 0 Å². The van der Waals surface area contributed by atoms with Crippen molar-refractivity contribution in [3.05, 3.63) is 23.7 Å². The summed E-state index contributed by atoms with van der Waals surface area (Å²) < 4.78 is 5.44. The molecule has 1 aromatic heterocycles. The molecule has 94 valence electrons. The summed E-state index contributed by atoms with van der Waals surface area (Å²) in [5, 5.41) is 0. The van der Waals surface area contributed by atoms with E-state index in [1.54, 1.807) is 6.07 Å². The van der Waals surface area contributed by atoms with E-state index in [1.807, 2.05) is 6.07 Å². The van der Waals surface area contributed by atoms with E-state index in [0.29, 0.717) is 0 Å². The van der Waals surface area contributed by atoms with Crippen LogP contribution in [0.1, 0.15) is 36.1 Å². The van der Waals surface area contributed by atoms with Gasteiger partial charge in [-0.1, -0.05) is 6.92 Å². The fraction of sp³-hybridized carbons (Fsp3) is 0.583. The van der Waals surface area contributed by atoms with Crippen LogP contribution in [0.3, 0.4) is 0 Å². The van der Waals surface area contributed by atoms with Gasteiger partial charge in [-0.25, -0.2) is 5.84 Å². The quantitative estimate of drug-likeness (QED) is 0.442. The summed E-state index contributed by atoms with van der Waals surface area (Å²) >= 11 is 0. The van der Waals surface area contributed by atoms with Gasteiger partial charge in [0.05, 0.1) is 6.54 Å². The van der Waals surface area contributed by atoms with Gasteiger partial charge in [-0.15, -0.1) is 0 Å². The zero-order valence-electron chi connectivity index (χ0n) is 10.1. The number of rotatable bonds is 6. The minimum Gasteiger partial charge on any atom is -0.455 e. The van der Waals surface area contributed by atoms with Crippen LogP contribution in [0.15, 0.2) is 16.5 Å². The third kappa shape index (κ3) is 3.31. The third-order valence-electron chi connectivity index (χ3n) is 3.06. The SMILES string of the molecule is CCN(Cc1ccc(C(=O)NN)o1)CC1CC1. The highest BCUT2D eigenvalue weighted by Gasteiger charge is 2.24. The van der Waals surface area contributed by atoms with Crippen LogP contribution in [-0.2, 0) is 6.54 Å². The molecule has 1 aliphatic carbocycles. The zero-order chi connectivity index (χ0) is 12.3. The number of carbonyl (C=O) groups is 1. The zero-order valence-corrected chi connectivity index (χ0v) is 10.1. The molecule has 1 amide bonds. The summed E-state index contributed by atoms with van der Waals surface area (Å²) in [5.74, 6) is 6.60. The minimum atomic E-state index is -0.388. The van der Waals surface area contributed by atoms with Crippen molar-refractivity contribution in [1.82, 2.24) is 10.3 Å². The number of hydrogen-bond donors (Lipinski definition) is 2. The van der Waals surface area contributed by atoms with E-state index < -0.39 is 0 Å². The molecule has 0 atom stereocenters. The molecule has 1 heterocycles. The maximum atomic E-state index is 11.2. The van der Waals surface area contributed by atoms with Crippen LogP contribution in [0.25, 0.3) is 0 Å². The monoisotopic (exact) mass is 237 g/mol. The van der Waals surface area contributed by atoms with Crippen LogP contribution in [0.2, 0.25) is 0 Å². The number of carbonyl (C=O) groups excluding carboxylic acids is 1. The second-order valence-electron chi connectivity index (χ2n) is 4.51. The van der Waals surface area contributed by atoms with Gasteiger partial charge in [-0.05, 0) is 37.4 Å². The second kappa shape index (κ2) is 5.33. The topological polar surface area (TPSA) is 71.5 Å². The van der Waals surface area contributed by atoms with Gasteiger partial charge in [0, 0.05) is 6.54 Å². The summed E-state index contributed by atoms with van der Waals surface area (Å²) in [6, 6.07) is 3.49. The highest BCUT2D eigenvalue weighted by atomic mass is 16.4. The lowest BCUT2D eigenvalue weighted by Gasteiger charge is -2.18. The van der Waals surface area contributed by atoms with Crippen molar-refractivity contribution in [2.45, 2.75) is 26.3 Å². The van der Waals surface area contributed by atoms with Crippen molar-refractivity contribution < 1.29 is 9.21 Å². The fourth-order valence-corrected chi connectivity index (χ4v) is 1.85. The Hall–Kier alpha value is -1.33. The molecule has 0 unspecified atom stereocenters. The van der Waals surface area contributed by atoms with Gasteiger partial charge in [0.1, 0.15) is 5.76 Å². The molecule has 0 aromatic carbocycles. The van der Waals surface area contributed by atoms with Crippen molar-refractivity contribution >= 4 is 5.91 Å². The lowest BCUT2D eigenvalue weighted by molar-refractivity contribution is 0.0922. The highest BCUT2D eigenvalue weighted by Crippen LogP contribution is 2.30. The Labute approximate surface area is 101 Å². The summed E-state index contributed by atoms with van der Waals surface area (Å²) in [7, 11) is 0. The summed E-state index contributed by atoms with van der Waals surface area (Å²) in [5.41, 5.74) is 2.06. The minimum absolute atomic E-state index is 0.268. The Kier molecular flexibility index (Phi) is 3.81. The van der Waals surface area contributed by atoms with Crippen molar-refractivity contribution in [3.63, 3.8) is 0 Å². The first kappa shape index (κ1) is 12.1. The largest absolute Gasteiger partial charge is 0.455 e. The molecule has 17 heavy (non-hydrogen) atoms. The first-order valence-electron chi connectivity index (χ1n) is 6.05. The number of nitrogens with two attached hydrogens (primary N) is 1. The smallest absolute Gasteiger partial charge is 0.300 e. The van der Waals surface area contributed by atoms with Crippen LogP contribution in [0.4, 0.5) is 0 Å². The Balaban J connectivity index is 1.92. The third-order valence-corrected chi connectivity index (χ3v) is 3.06. The lowest BCUT2D eigenvalue weighted by Crippen LogP contribution is -2.29. The van der Waals surface area contributed by atoms with Gasteiger partial charge >= 0.3 is 5.91 Å². The standard InChI is InChI=1S/C12H19N3O2/c1-2-15(7-9-3-4-9)8-10-5-6-11(17-10)12(16)14-13/h5-6,9H,2-4,7-8,13H2,1H3,(H,14,16). The molecule has 5 nitrogen and oxygen atoms in total. The van der Waals surface area contributed by atoms with E-state index in [-0.39, 0.29) is 11.7 Å². The Morgan fingerprint density at radius 2 is 2.35 bits per heavy atom. The first-order chi connectivity index (χ1) is 8.22. The van der Waals surface area contributed by atoms with Crippen molar-refractivity contribution in [1.29, 1.82) is 0 Å². The van der Waals surface area contributed by atoms with Crippen LogP contribution in [0.5, 0.6) is 0 Å². The molecule has 0 saturated heterocycles. The molecule has 0 bridgehead atoms. The Morgan fingerprint density at radius 1 is 1.59 bits per heavy atom. The van der Waals surface area contributed by atoms with Crippen LogP contribution in [0, 0.1) is 5.92 Å². The molecular formula is C12H19N3O2. The van der Waals surface area contributed by atoms with Crippen molar-refractivity contribution in [2.24, 2.45) is 11.8 Å².